The highest BCUT2D eigenvalue weighted by molar-refractivity contribution is 5.84. The van der Waals surface area contributed by atoms with E-state index in [-0.39, 0.29) is 17.4 Å². The van der Waals surface area contributed by atoms with Crippen LogP contribution in [0, 0.1) is 41.0 Å². The molecule has 0 heterocycles. The van der Waals surface area contributed by atoms with Crippen LogP contribution in [0.4, 0.5) is 17.6 Å². The number of rotatable bonds is 7. The van der Waals surface area contributed by atoms with Gasteiger partial charge >= 0.3 is 0 Å². The van der Waals surface area contributed by atoms with Gasteiger partial charge in [-0.15, -0.1) is 0 Å². The van der Waals surface area contributed by atoms with Crippen molar-refractivity contribution in [2.24, 2.45) is 5.92 Å². The molecule has 0 radical (unpaired) electrons. The number of halogens is 4. The Hall–Kier alpha value is -2.80. The highest BCUT2D eigenvalue weighted by Crippen LogP contribution is 2.38. The molecule has 0 aliphatic heterocycles. The normalized spacial score (nSPS) is 17.9. The van der Waals surface area contributed by atoms with Crippen LogP contribution in [0.15, 0.2) is 42.5 Å². The third kappa shape index (κ3) is 6.45. The summed E-state index contributed by atoms with van der Waals surface area (Å²) in [7, 11) is 0. The van der Waals surface area contributed by atoms with Gasteiger partial charge in [0.05, 0.1) is 0 Å². The fraction of sp³-hybridized carbons (Fsp3) is 0.419. The van der Waals surface area contributed by atoms with Crippen LogP contribution in [0.5, 0.6) is 0 Å². The van der Waals surface area contributed by atoms with Crippen LogP contribution in [0.25, 0.3) is 10.8 Å². The summed E-state index contributed by atoms with van der Waals surface area (Å²) in [6.45, 7) is 2.17. The lowest BCUT2D eigenvalue weighted by Gasteiger charge is -2.26. The molecule has 3 aromatic rings. The Labute approximate surface area is 205 Å². The first-order chi connectivity index (χ1) is 16.9. The Morgan fingerprint density at radius 1 is 0.714 bits per heavy atom. The summed E-state index contributed by atoms with van der Waals surface area (Å²) < 4.78 is 56.7. The first kappa shape index (κ1) is 25.3. The van der Waals surface area contributed by atoms with Gasteiger partial charge in [-0.3, -0.25) is 0 Å². The zero-order valence-electron chi connectivity index (χ0n) is 20.3. The van der Waals surface area contributed by atoms with Crippen LogP contribution >= 0.6 is 0 Å². The van der Waals surface area contributed by atoms with Crippen molar-refractivity contribution in [2.75, 3.05) is 0 Å². The van der Waals surface area contributed by atoms with E-state index in [0.717, 1.165) is 43.2 Å². The van der Waals surface area contributed by atoms with Gasteiger partial charge in [0.2, 0.25) is 0 Å². The van der Waals surface area contributed by atoms with E-state index in [2.05, 4.69) is 18.8 Å². The average molecular weight is 481 g/mol. The van der Waals surface area contributed by atoms with Gasteiger partial charge in [0.15, 0.2) is 11.6 Å². The van der Waals surface area contributed by atoms with E-state index in [4.69, 9.17) is 0 Å². The van der Waals surface area contributed by atoms with Crippen LogP contribution in [0.2, 0.25) is 0 Å². The zero-order chi connectivity index (χ0) is 24.8. The molecule has 0 nitrogen and oxygen atoms in total. The van der Waals surface area contributed by atoms with Crippen molar-refractivity contribution in [1.82, 2.24) is 0 Å². The molecule has 0 atom stereocenters. The zero-order valence-corrected chi connectivity index (χ0v) is 20.3. The number of hydrogen-bond acceptors (Lipinski definition) is 0. The van der Waals surface area contributed by atoms with Crippen molar-refractivity contribution in [2.45, 2.75) is 77.0 Å². The first-order valence-electron chi connectivity index (χ1n) is 12.8. The molecule has 35 heavy (non-hydrogen) atoms. The van der Waals surface area contributed by atoms with Crippen molar-refractivity contribution in [3.8, 4) is 11.8 Å². The van der Waals surface area contributed by atoms with Crippen LogP contribution in [-0.4, -0.2) is 0 Å². The Balaban J connectivity index is 1.36. The molecule has 0 saturated heterocycles. The molecule has 0 bridgehead atoms. The molecular formula is C31H32F4. The van der Waals surface area contributed by atoms with Crippen molar-refractivity contribution < 1.29 is 17.6 Å². The number of unbranched alkanes of at least 4 members (excludes halogenated alkanes) is 4. The highest BCUT2D eigenvalue weighted by atomic mass is 19.2. The second kappa shape index (κ2) is 11.8. The van der Waals surface area contributed by atoms with Gasteiger partial charge in [-0.1, -0.05) is 50.5 Å². The van der Waals surface area contributed by atoms with Gasteiger partial charge in [0.25, 0.3) is 0 Å². The lowest BCUT2D eigenvalue weighted by Crippen LogP contribution is -2.15. The van der Waals surface area contributed by atoms with Crippen molar-refractivity contribution in [3.63, 3.8) is 0 Å². The maximum absolute atomic E-state index is 14.9. The predicted octanol–water partition coefficient (Wildman–Crippen LogP) is 9.23. The third-order valence-corrected chi connectivity index (χ3v) is 7.14. The molecule has 3 aromatic carbocycles. The van der Waals surface area contributed by atoms with E-state index in [0.29, 0.717) is 23.6 Å². The summed E-state index contributed by atoms with van der Waals surface area (Å²) in [5.41, 5.74) is 1.72. The minimum Gasteiger partial charge on any atom is -0.207 e. The largest absolute Gasteiger partial charge is 0.207 e. The molecule has 1 aliphatic rings. The molecule has 1 fully saturated rings. The number of hydrogen-bond donors (Lipinski definition) is 0. The van der Waals surface area contributed by atoms with E-state index in [1.807, 2.05) is 0 Å². The molecular weight excluding hydrogens is 448 g/mol. The predicted molar refractivity (Wildman–Crippen MR) is 134 cm³/mol. The van der Waals surface area contributed by atoms with Crippen molar-refractivity contribution in [3.05, 3.63) is 82.4 Å². The lowest BCUT2D eigenvalue weighted by atomic mass is 9.78. The summed E-state index contributed by atoms with van der Waals surface area (Å²) in [5.74, 6) is 3.88. The minimum atomic E-state index is -0.875. The molecule has 184 valence electrons. The lowest BCUT2D eigenvalue weighted by molar-refractivity contribution is 0.366. The van der Waals surface area contributed by atoms with Crippen LogP contribution in [-0.2, 0) is 6.42 Å². The van der Waals surface area contributed by atoms with Gasteiger partial charge < -0.3 is 0 Å². The first-order valence-corrected chi connectivity index (χ1v) is 12.8. The van der Waals surface area contributed by atoms with E-state index in [1.54, 1.807) is 18.2 Å². The molecule has 0 aromatic heterocycles. The van der Waals surface area contributed by atoms with E-state index in [1.165, 1.54) is 43.5 Å². The highest BCUT2D eigenvalue weighted by Gasteiger charge is 2.26. The Bertz CT molecular complexity index is 1200. The van der Waals surface area contributed by atoms with Crippen LogP contribution in [0.3, 0.4) is 0 Å². The standard InChI is InChI=1S/C31H32F4/c1-2-3-4-5-6-7-23-17-29(34)31(30(35)18-23)24-13-10-21(11-14-24)8-9-22-12-15-25-19-27(32)28(33)20-26(25)16-22/h12,15-21,24H,2-7,10-11,13-14H2,1H3. The van der Waals surface area contributed by atoms with Crippen LogP contribution in [0.1, 0.15) is 87.3 Å². The average Bonchev–Trinajstić information content (AvgIpc) is 2.84. The number of aryl methyl sites for hydroxylation is 1. The van der Waals surface area contributed by atoms with Gasteiger partial charge in [-0.05, 0) is 97.2 Å². The Kier molecular flexibility index (Phi) is 8.50. The maximum Gasteiger partial charge on any atom is 0.159 e. The van der Waals surface area contributed by atoms with Gasteiger partial charge in [0, 0.05) is 17.0 Å². The summed E-state index contributed by atoms with van der Waals surface area (Å²) in [6, 6.07) is 10.7. The maximum atomic E-state index is 14.9. The van der Waals surface area contributed by atoms with Gasteiger partial charge in [-0.25, -0.2) is 17.6 Å². The second-order valence-corrected chi connectivity index (χ2v) is 9.78. The van der Waals surface area contributed by atoms with Crippen LogP contribution < -0.4 is 0 Å². The van der Waals surface area contributed by atoms with Crippen molar-refractivity contribution in [1.29, 1.82) is 0 Å². The smallest absolute Gasteiger partial charge is 0.159 e. The monoisotopic (exact) mass is 480 g/mol. The van der Waals surface area contributed by atoms with E-state index < -0.39 is 23.3 Å². The fourth-order valence-electron chi connectivity index (χ4n) is 5.14. The molecule has 1 saturated carbocycles. The molecule has 4 rings (SSSR count). The summed E-state index contributed by atoms with van der Waals surface area (Å²) >= 11 is 0. The molecule has 0 amide bonds. The molecule has 0 N–H and O–H groups in total. The SMILES string of the molecule is CCCCCCCc1cc(F)c(C2CCC(C#Cc3ccc4cc(F)c(F)cc4c3)CC2)c(F)c1. The molecule has 4 heteroatoms. The summed E-state index contributed by atoms with van der Waals surface area (Å²) in [4.78, 5) is 0. The summed E-state index contributed by atoms with van der Waals surface area (Å²) in [6.07, 6.45) is 9.30. The van der Waals surface area contributed by atoms with Gasteiger partial charge in [0.1, 0.15) is 11.6 Å². The topological polar surface area (TPSA) is 0 Å². The Morgan fingerprint density at radius 3 is 2.06 bits per heavy atom. The number of benzene rings is 3. The molecule has 0 spiro atoms. The number of fused-ring (bicyclic) bond motifs is 1. The van der Waals surface area contributed by atoms with Gasteiger partial charge in [-0.2, -0.15) is 0 Å². The fourth-order valence-corrected chi connectivity index (χ4v) is 5.14. The summed E-state index contributed by atoms with van der Waals surface area (Å²) in [5, 5.41) is 1.23. The quantitative estimate of drug-likeness (QED) is 0.180. The molecule has 0 unspecified atom stereocenters. The Morgan fingerprint density at radius 2 is 1.37 bits per heavy atom. The second-order valence-electron chi connectivity index (χ2n) is 9.78. The minimum absolute atomic E-state index is 0.120. The van der Waals surface area contributed by atoms with Crippen molar-refractivity contribution >= 4 is 10.8 Å². The van der Waals surface area contributed by atoms with E-state index in [9.17, 15) is 17.6 Å². The molecule has 1 aliphatic carbocycles. The third-order valence-electron chi connectivity index (χ3n) is 7.14. The van der Waals surface area contributed by atoms with E-state index >= 15 is 0 Å².